The van der Waals surface area contributed by atoms with E-state index in [2.05, 4.69) is 10.3 Å². The Morgan fingerprint density at radius 1 is 1.11 bits per heavy atom. The van der Waals surface area contributed by atoms with Crippen LogP contribution in [0, 0.1) is 6.92 Å². The van der Waals surface area contributed by atoms with Gasteiger partial charge in [0.25, 0.3) is 5.91 Å². The fourth-order valence-corrected chi connectivity index (χ4v) is 4.75. The zero-order valence-electron chi connectivity index (χ0n) is 16.2. The van der Waals surface area contributed by atoms with Crippen molar-refractivity contribution in [1.82, 2.24) is 9.88 Å². The third-order valence-electron chi connectivity index (χ3n) is 4.38. The molecule has 0 saturated heterocycles. The van der Waals surface area contributed by atoms with E-state index in [1.807, 2.05) is 68.1 Å². The zero-order chi connectivity index (χ0) is 20.1. The number of nitrogens with one attached hydrogen (secondary N) is 1. The van der Waals surface area contributed by atoms with Crippen LogP contribution in [-0.4, -0.2) is 40.5 Å². The SMILES string of the molecule is CCN(CC)C(=O)CSc1nc2ccc(NC(=O)c3ccc(C)cc3)cc2s1. The Morgan fingerprint density at radius 3 is 2.50 bits per heavy atom. The van der Waals surface area contributed by atoms with Crippen LogP contribution in [0.2, 0.25) is 0 Å². The monoisotopic (exact) mass is 413 g/mol. The summed E-state index contributed by atoms with van der Waals surface area (Å²) in [7, 11) is 0. The molecule has 2 amide bonds. The predicted molar refractivity (Wildman–Crippen MR) is 117 cm³/mol. The molecule has 1 N–H and O–H groups in total. The van der Waals surface area contributed by atoms with E-state index in [9.17, 15) is 9.59 Å². The Bertz CT molecular complexity index is 979. The first-order chi connectivity index (χ1) is 13.5. The largest absolute Gasteiger partial charge is 0.343 e. The van der Waals surface area contributed by atoms with E-state index in [-0.39, 0.29) is 11.8 Å². The number of anilines is 1. The van der Waals surface area contributed by atoms with Gasteiger partial charge in [-0.05, 0) is 51.1 Å². The number of carbonyl (C=O) groups is 2. The maximum Gasteiger partial charge on any atom is 0.255 e. The van der Waals surface area contributed by atoms with Gasteiger partial charge in [-0.15, -0.1) is 11.3 Å². The number of hydrogen-bond acceptors (Lipinski definition) is 5. The van der Waals surface area contributed by atoms with Crippen molar-refractivity contribution in [2.45, 2.75) is 25.1 Å². The van der Waals surface area contributed by atoms with Crippen LogP contribution in [0.1, 0.15) is 29.8 Å². The standard InChI is InChI=1S/C21H23N3O2S2/c1-4-24(5-2)19(25)13-27-21-23-17-11-10-16(12-18(17)28-21)22-20(26)15-8-6-14(3)7-9-15/h6-12H,4-5,13H2,1-3H3,(H,22,26). The molecule has 3 aromatic rings. The molecule has 0 atom stereocenters. The van der Waals surface area contributed by atoms with Crippen LogP contribution in [0.25, 0.3) is 10.2 Å². The molecule has 2 aromatic carbocycles. The number of fused-ring (bicyclic) bond motifs is 1. The predicted octanol–water partition coefficient (Wildman–Crippen LogP) is 4.82. The van der Waals surface area contributed by atoms with Gasteiger partial charge in [-0.2, -0.15) is 0 Å². The van der Waals surface area contributed by atoms with Crippen LogP contribution in [0.5, 0.6) is 0 Å². The lowest BCUT2D eigenvalue weighted by molar-refractivity contribution is -0.127. The van der Waals surface area contributed by atoms with Gasteiger partial charge < -0.3 is 10.2 Å². The molecule has 146 valence electrons. The van der Waals surface area contributed by atoms with E-state index >= 15 is 0 Å². The summed E-state index contributed by atoms with van der Waals surface area (Å²) in [4.78, 5) is 31.0. The van der Waals surface area contributed by atoms with Crippen LogP contribution >= 0.6 is 23.1 Å². The first-order valence-corrected chi connectivity index (χ1v) is 11.0. The lowest BCUT2D eigenvalue weighted by atomic mass is 10.1. The summed E-state index contributed by atoms with van der Waals surface area (Å²) in [6.45, 7) is 7.40. The van der Waals surface area contributed by atoms with Gasteiger partial charge >= 0.3 is 0 Å². The summed E-state index contributed by atoms with van der Waals surface area (Å²) < 4.78 is 1.84. The lowest BCUT2D eigenvalue weighted by Gasteiger charge is -2.17. The molecule has 0 unspecified atom stereocenters. The van der Waals surface area contributed by atoms with E-state index < -0.39 is 0 Å². The van der Waals surface area contributed by atoms with Crippen LogP contribution in [0.4, 0.5) is 5.69 Å². The highest BCUT2D eigenvalue weighted by molar-refractivity contribution is 8.01. The lowest BCUT2D eigenvalue weighted by Crippen LogP contribution is -2.31. The van der Waals surface area contributed by atoms with Crippen molar-refractivity contribution in [2.75, 3.05) is 24.2 Å². The molecule has 0 aliphatic carbocycles. The first kappa shape index (κ1) is 20.4. The molecular weight excluding hydrogens is 390 g/mol. The molecule has 0 fully saturated rings. The molecule has 1 aromatic heterocycles. The molecule has 7 heteroatoms. The number of hydrogen-bond donors (Lipinski definition) is 1. The smallest absolute Gasteiger partial charge is 0.255 e. The Morgan fingerprint density at radius 2 is 1.82 bits per heavy atom. The quantitative estimate of drug-likeness (QED) is 0.564. The van der Waals surface area contributed by atoms with Gasteiger partial charge in [-0.1, -0.05) is 29.5 Å². The van der Waals surface area contributed by atoms with Gasteiger partial charge in [0.15, 0.2) is 4.34 Å². The topological polar surface area (TPSA) is 62.3 Å². The first-order valence-electron chi connectivity index (χ1n) is 9.19. The highest BCUT2D eigenvalue weighted by Crippen LogP contribution is 2.31. The third kappa shape index (κ3) is 4.91. The molecule has 0 aliphatic heterocycles. The molecule has 28 heavy (non-hydrogen) atoms. The molecule has 1 heterocycles. The molecule has 0 radical (unpaired) electrons. The maximum absolute atomic E-state index is 12.4. The van der Waals surface area contributed by atoms with Crippen LogP contribution in [-0.2, 0) is 4.79 Å². The number of aromatic nitrogens is 1. The number of nitrogens with zero attached hydrogens (tertiary/aromatic N) is 2. The van der Waals surface area contributed by atoms with Crippen molar-refractivity contribution >= 4 is 50.8 Å². The Balaban J connectivity index is 1.67. The normalized spacial score (nSPS) is 10.8. The number of thioether (sulfide) groups is 1. The van der Waals surface area contributed by atoms with Crippen molar-refractivity contribution in [3.8, 4) is 0 Å². The summed E-state index contributed by atoms with van der Waals surface area (Å²) in [5.41, 5.74) is 3.35. The summed E-state index contributed by atoms with van der Waals surface area (Å²) in [5, 5.41) is 2.93. The summed E-state index contributed by atoms with van der Waals surface area (Å²) in [6, 6.07) is 13.1. The summed E-state index contributed by atoms with van der Waals surface area (Å²) in [6.07, 6.45) is 0. The summed E-state index contributed by atoms with van der Waals surface area (Å²) >= 11 is 3.00. The molecule has 0 bridgehead atoms. The Kier molecular flexibility index (Phi) is 6.70. The van der Waals surface area contributed by atoms with Gasteiger partial charge in [-0.3, -0.25) is 9.59 Å². The average molecular weight is 414 g/mol. The number of rotatable bonds is 7. The number of aryl methyl sites for hydroxylation is 1. The second-order valence-corrected chi connectivity index (χ2v) is 8.59. The number of thiazole rings is 1. The van der Waals surface area contributed by atoms with Crippen molar-refractivity contribution in [1.29, 1.82) is 0 Å². The highest BCUT2D eigenvalue weighted by atomic mass is 32.2. The zero-order valence-corrected chi connectivity index (χ0v) is 17.8. The minimum atomic E-state index is -0.136. The van der Waals surface area contributed by atoms with Gasteiger partial charge in [-0.25, -0.2) is 4.98 Å². The van der Waals surface area contributed by atoms with E-state index in [1.54, 1.807) is 0 Å². The van der Waals surface area contributed by atoms with Crippen molar-refractivity contribution in [3.05, 3.63) is 53.6 Å². The minimum Gasteiger partial charge on any atom is -0.343 e. The molecular formula is C21H23N3O2S2. The number of benzene rings is 2. The second kappa shape index (κ2) is 9.21. The van der Waals surface area contributed by atoms with Crippen LogP contribution < -0.4 is 5.32 Å². The number of amides is 2. The van der Waals surface area contributed by atoms with Crippen LogP contribution in [0.15, 0.2) is 46.8 Å². The van der Waals surface area contributed by atoms with Crippen molar-refractivity contribution in [3.63, 3.8) is 0 Å². The van der Waals surface area contributed by atoms with E-state index in [0.717, 1.165) is 38.9 Å². The molecule has 5 nitrogen and oxygen atoms in total. The molecule has 3 rings (SSSR count). The van der Waals surface area contributed by atoms with E-state index in [1.165, 1.54) is 23.1 Å². The van der Waals surface area contributed by atoms with Gasteiger partial charge in [0.1, 0.15) is 0 Å². The van der Waals surface area contributed by atoms with Crippen LogP contribution in [0.3, 0.4) is 0 Å². The Hall–Kier alpha value is -2.38. The van der Waals surface area contributed by atoms with Gasteiger partial charge in [0.2, 0.25) is 5.91 Å². The summed E-state index contributed by atoms with van der Waals surface area (Å²) in [5.74, 6) is 0.377. The molecule has 0 spiro atoms. The van der Waals surface area contributed by atoms with Crippen molar-refractivity contribution in [2.24, 2.45) is 0 Å². The van der Waals surface area contributed by atoms with E-state index in [0.29, 0.717) is 11.3 Å². The van der Waals surface area contributed by atoms with Crippen molar-refractivity contribution < 1.29 is 9.59 Å². The minimum absolute atomic E-state index is 0.125. The fraction of sp³-hybridized carbons (Fsp3) is 0.286. The van der Waals surface area contributed by atoms with Gasteiger partial charge in [0.05, 0.1) is 16.0 Å². The Labute approximate surface area is 173 Å². The molecule has 0 aliphatic rings. The van der Waals surface area contributed by atoms with E-state index in [4.69, 9.17) is 0 Å². The number of carbonyl (C=O) groups excluding carboxylic acids is 2. The molecule has 0 saturated carbocycles. The fourth-order valence-electron chi connectivity index (χ4n) is 2.74. The maximum atomic E-state index is 12.4. The highest BCUT2D eigenvalue weighted by Gasteiger charge is 2.13. The van der Waals surface area contributed by atoms with Gasteiger partial charge in [0, 0.05) is 24.3 Å². The average Bonchev–Trinajstić information content (AvgIpc) is 3.10. The second-order valence-electron chi connectivity index (χ2n) is 6.34. The third-order valence-corrected chi connectivity index (χ3v) is 6.52.